The van der Waals surface area contributed by atoms with Crippen LogP contribution in [0.2, 0.25) is 0 Å². The normalized spacial score (nSPS) is 14.3. The van der Waals surface area contributed by atoms with Gasteiger partial charge < -0.3 is 23.7 Å². The van der Waals surface area contributed by atoms with Gasteiger partial charge in [0.05, 0.1) is 43.2 Å². The molecule has 1 aliphatic heterocycles. The van der Waals surface area contributed by atoms with Crippen LogP contribution in [0.4, 0.5) is 0 Å². The van der Waals surface area contributed by atoms with Crippen LogP contribution in [0.5, 0.6) is 23.0 Å². The van der Waals surface area contributed by atoms with E-state index in [0.29, 0.717) is 68.8 Å². The van der Waals surface area contributed by atoms with Crippen LogP contribution >= 0.6 is 11.3 Å². The summed E-state index contributed by atoms with van der Waals surface area (Å²) in [6, 6.07) is 14.5. The van der Waals surface area contributed by atoms with Crippen molar-refractivity contribution in [2.45, 2.75) is 67.0 Å². The minimum Gasteiger partial charge on any atom is -0.497 e. The molecular formula is C39H44N2O7S. The molecule has 9 nitrogen and oxygen atoms in total. The molecule has 0 amide bonds. The second kappa shape index (κ2) is 15.6. The zero-order valence-electron chi connectivity index (χ0n) is 29.5. The number of thiazole rings is 1. The van der Waals surface area contributed by atoms with Crippen LogP contribution in [0.25, 0.3) is 6.08 Å². The first-order valence-electron chi connectivity index (χ1n) is 16.5. The van der Waals surface area contributed by atoms with Crippen molar-refractivity contribution in [1.29, 1.82) is 0 Å². The molecule has 1 atom stereocenters. The van der Waals surface area contributed by atoms with Gasteiger partial charge in [-0.1, -0.05) is 48.4 Å². The van der Waals surface area contributed by atoms with E-state index in [0.717, 1.165) is 17.5 Å². The largest absolute Gasteiger partial charge is 0.497 e. The fourth-order valence-corrected chi connectivity index (χ4v) is 7.23. The van der Waals surface area contributed by atoms with Crippen LogP contribution in [0.3, 0.4) is 0 Å². The summed E-state index contributed by atoms with van der Waals surface area (Å²) in [5, 5.41) is 0. The number of allylic oxidation sites excluding steroid dienone is 1. The Morgan fingerprint density at radius 1 is 0.898 bits per heavy atom. The second-order valence-corrected chi connectivity index (χ2v) is 12.8. The fraction of sp³-hybridized carbons (Fsp3) is 0.359. The van der Waals surface area contributed by atoms with Gasteiger partial charge in [0.15, 0.2) is 16.3 Å². The van der Waals surface area contributed by atoms with E-state index in [9.17, 15) is 9.59 Å². The average molecular weight is 685 g/mol. The highest BCUT2D eigenvalue weighted by molar-refractivity contribution is 7.07. The maximum Gasteiger partial charge on any atom is 0.338 e. The number of hydrogen-bond acceptors (Lipinski definition) is 9. The van der Waals surface area contributed by atoms with Crippen LogP contribution in [0.15, 0.2) is 69.6 Å². The van der Waals surface area contributed by atoms with Gasteiger partial charge in [-0.25, -0.2) is 9.79 Å². The minimum absolute atomic E-state index is 0.181. The predicted octanol–water partition coefficient (Wildman–Crippen LogP) is 6.50. The van der Waals surface area contributed by atoms with E-state index in [1.54, 1.807) is 43.9 Å². The summed E-state index contributed by atoms with van der Waals surface area (Å²) in [4.78, 5) is 33.3. The van der Waals surface area contributed by atoms with E-state index in [1.807, 2.05) is 38.1 Å². The van der Waals surface area contributed by atoms with Crippen LogP contribution in [0, 0.1) is 20.8 Å². The second-order valence-electron chi connectivity index (χ2n) is 11.8. The Bertz CT molecular complexity index is 2050. The van der Waals surface area contributed by atoms with E-state index < -0.39 is 12.0 Å². The van der Waals surface area contributed by atoms with Gasteiger partial charge in [0, 0.05) is 5.56 Å². The molecule has 0 N–H and O–H groups in total. The third-order valence-corrected chi connectivity index (χ3v) is 9.38. The number of benzene rings is 3. The number of hydrogen-bond donors (Lipinski definition) is 0. The van der Waals surface area contributed by atoms with Crippen LogP contribution in [0.1, 0.15) is 73.0 Å². The lowest BCUT2D eigenvalue weighted by Gasteiger charge is -2.27. The number of carbonyl (C=O) groups excluding carboxylic acids is 1. The highest BCUT2D eigenvalue weighted by Crippen LogP contribution is 2.39. The summed E-state index contributed by atoms with van der Waals surface area (Å²) in [7, 11) is 3.13. The number of ether oxygens (including phenoxy) is 5. The number of methoxy groups -OCH3 is 2. The van der Waals surface area contributed by atoms with Gasteiger partial charge in [-0.3, -0.25) is 9.36 Å². The van der Waals surface area contributed by atoms with Crippen molar-refractivity contribution in [2.75, 3.05) is 27.4 Å². The Morgan fingerprint density at radius 2 is 1.63 bits per heavy atom. The molecule has 3 aromatic carbocycles. The number of esters is 1. The zero-order chi connectivity index (χ0) is 35.2. The molecule has 1 aromatic heterocycles. The third-order valence-electron chi connectivity index (χ3n) is 8.40. The lowest BCUT2D eigenvalue weighted by Crippen LogP contribution is -2.40. The van der Waals surface area contributed by atoms with Gasteiger partial charge in [0.25, 0.3) is 5.56 Å². The van der Waals surface area contributed by atoms with Crippen molar-refractivity contribution >= 4 is 23.4 Å². The predicted molar refractivity (Wildman–Crippen MR) is 192 cm³/mol. The van der Waals surface area contributed by atoms with Crippen LogP contribution in [-0.2, 0) is 16.1 Å². The molecule has 5 rings (SSSR count). The first kappa shape index (κ1) is 35.5. The number of aryl methyl sites for hydroxylation is 3. The minimum atomic E-state index is -0.840. The maximum absolute atomic E-state index is 14.4. The van der Waals surface area contributed by atoms with Gasteiger partial charge in [-0.15, -0.1) is 0 Å². The molecule has 0 bridgehead atoms. The molecule has 0 fully saturated rings. The number of aromatic nitrogens is 1. The first-order valence-corrected chi connectivity index (χ1v) is 17.4. The topological polar surface area (TPSA) is 97.6 Å². The van der Waals surface area contributed by atoms with E-state index >= 15 is 0 Å². The van der Waals surface area contributed by atoms with E-state index in [1.165, 1.54) is 28.0 Å². The molecule has 0 unspecified atom stereocenters. The molecule has 1 aliphatic rings. The molecule has 0 saturated heterocycles. The van der Waals surface area contributed by atoms with Gasteiger partial charge in [0.1, 0.15) is 24.1 Å². The molecular weight excluding hydrogens is 641 g/mol. The number of carbonyl (C=O) groups is 1. The molecule has 0 saturated carbocycles. The van der Waals surface area contributed by atoms with E-state index in [2.05, 4.69) is 32.9 Å². The van der Waals surface area contributed by atoms with E-state index in [-0.39, 0.29) is 12.2 Å². The Labute approximate surface area is 291 Å². The summed E-state index contributed by atoms with van der Waals surface area (Å²) >= 11 is 1.27. The van der Waals surface area contributed by atoms with E-state index in [4.69, 9.17) is 28.7 Å². The summed E-state index contributed by atoms with van der Waals surface area (Å²) < 4.78 is 31.1. The van der Waals surface area contributed by atoms with Gasteiger partial charge in [-0.05, 0) is 99.7 Å². The van der Waals surface area contributed by atoms with Crippen molar-refractivity contribution in [2.24, 2.45) is 4.99 Å². The van der Waals surface area contributed by atoms with Crippen LogP contribution in [-0.4, -0.2) is 38.0 Å². The molecule has 258 valence electrons. The number of fused-ring (bicyclic) bond motifs is 1. The first-order chi connectivity index (χ1) is 23.6. The molecule has 0 spiro atoms. The van der Waals surface area contributed by atoms with Crippen molar-refractivity contribution < 1.29 is 28.5 Å². The zero-order valence-corrected chi connectivity index (χ0v) is 30.3. The van der Waals surface area contributed by atoms with Gasteiger partial charge >= 0.3 is 5.97 Å². The van der Waals surface area contributed by atoms with Crippen molar-refractivity contribution in [3.63, 3.8) is 0 Å². The maximum atomic E-state index is 14.4. The van der Waals surface area contributed by atoms with Crippen LogP contribution < -0.4 is 33.8 Å². The molecule has 10 heteroatoms. The Hall–Kier alpha value is -4.83. The summed E-state index contributed by atoms with van der Waals surface area (Å²) in [6.07, 6.45) is 3.09. The standard InChI is InChI=1S/C39H44N2O7S/c1-9-12-30-35(38(43)47-11-3)36(28-21-27(44-7)14-16-31(28)45-8)41-37(42)34(49-39(41)40-30)20-26-13-15-32(33(19-26)46-10-2)48-22-29-24(5)17-23(4)18-25(29)6/h13-21,36H,9-12,22H2,1-8H3/b34-20-/t36-/m1/s1. The van der Waals surface area contributed by atoms with Crippen molar-refractivity contribution in [3.8, 4) is 23.0 Å². The molecule has 4 aromatic rings. The smallest absolute Gasteiger partial charge is 0.338 e. The monoisotopic (exact) mass is 684 g/mol. The highest BCUT2D eigenvalue weighted by atomic mass is 32.1. The molecule has 49 heavy (non-hydrogen) atoms. The quantitative estimate of drug-likeness (QED) is 0.148. The molecule has 0 radical (unpaired) electrons. The Morgan fingerprint density at radius 3 is 2.29 bits per heavy atom. The number of nitrogens with zero attached hydrogens (tertiary/aromatic N) is 2. The summed E-state index contributed by atoms with van der Waals surface area (Å²) in [5.41, 5.74) is 6.69. The molecule has 2 heterocycles. The lowest BCUT2D eigenvalue weighted by atomic mass is 9.93. The SMILES string of the molecule is CCCC1=C(C(=O)OCC)[C@@H](c2cc(OC)ccc2OC)n2c(s/c(=C\c3ccc(OCc4c(C)cc(C)cc4C)c(OCC)c3)c2=O)=N1. The van der Waals surface area contributed by atoms with Gasteiger partial charge in [0.2, 0.25) is 0 Å². The van der Waals surface area contributed by atoms with Crippen molar-refractivity contribution in [3.05, 3.63) is 113 Å². The Kier molecular flexibility index (Phi) is 11.3. The lowest BCUT2D eigenvalue weighted by molar-refractivity contribution is -0.139. The highest BCUT2D eigenvalue weighted by Gasteiger charge is 2.36. The fourth-order valence-electron chi connectivity index (χ4n) is 6.21. The summed E-state index contributed by atoms with van der Waals surface area (Å²) in [5.74, 6) is 1.75. The van der Waals surface area contributed by atoms with Crippen molar-refractivity contribution in [1.82, 2.24) is 4.57 Å². The number of rotatable bonds is 13. The third kappa shape index (κ3) is 7.44. The summed E-state index contributed by atoms with van der Waals surface area (Å²) in [6.45, 7) is 13.0. The van der Waals surface area contributed by atoms with Gasteiger partial charge in [-0.2, -0.15) is 0 Å². The average Bonchev–Trinajstić information content (AvgIpc) is 3.38. The molecule has 0 aliphatic carbocycles. The Balaban J connectivity index is 1.63.